The fourth-order valence-corrected chi connectivity index (χ4v) is 13.8. The minimum Gasteiger partial charge on any atom is -0.455 e. The third-order valence-corrected chi connectivity index (χ3v) is 17.4. The van der Waals surface area contributed by atoms with Crippen LogP contribution in [-0.2, 0) is 0 Å². The van der Waals surface area contributed by atoms with E-state index in [1.807, 2.05) is 24.3 Å². The predicted octanol–water partition coefficient (Wildman–Crippen LogP) is 20.5. The molecule has 0 amide bonds. The topological polar surface area (TPSA) is 80.0 Å². The van der Waals surface area contributed by atoms with E-state index in [-0.39, 0.29) is 0 Å². The van der Waals surface area contributed by atoms with Crippen molar-refractivity contribution >= 4 is 131 Å². The minimum atomic E-state index is 0.605. The Morgan fingerprint density at radius 2 is 0.560 bits per heavy atom. The van der Waals surface area contributed by atoms with Gasteiger partial charge < -0.3 is 27.0 Å². The quantitative estimate of drug-likeness (QED) is 0.166. The molecule has 0 saturated carbocycles. The molecule has 0 aliphatic heterocycles. The molecule has 0 radical (unpaired) electrons. The van der Waals surface area contributed by atoms with Crippen LogP contribution in [-0.4, -0.2) is 23.7 Å². The molecule has 84 heavy (non-hydrogen) atoms. The van der Waals surface area contributed by atoms with Gasteiger partial charge in [-0.25, -0.2) is 9.97 Å². The molecule has 0 spiro atoms. The summed E-state index contributed by atoms with van der Waals surface area (Å²) in [4.78, 5) is 11.1. The van der Waals surface area contributed by atoms with Gasteiger partial charge in [0.05, 0.1) is 60.6 Å². The summed E-state index contributed by atoms with van der Waals surface area (Å²) in [6, 6.07) is 92.3. The van der Waals surface area contributed by atoms with Gasteiger partial charge in [-0.05, 0) is 115 Å². The van der Waals surface area contributed by atoms with E-state index in [1.165, 1.54) is 0 Å². The van der Waals surface area contributed by atoms with Crippen LogP contribution in [0.2, 0.25) is 0 Å². The molecule has 19 aromatic rings. The second-order valence-electron chi connectivity index (χ2n) is 22.0. The average Bonchev–Trinajstić information content (AvgIpc) is 4.48. The van der Waals surface area contributed by atoms with Gasteiger partial charge in [0.25, 0.3) is 0 Å². The molecule has 0 N–H and O–H groups in total. The monoisotopic (exact) mass is 1070 g/mol. The van der Waals surface area contributed by atoms with E-state index in [1.54, 1.807) is 0 Å². The van der Waals surface area contributed by atoms with Crippen LogP contribution in [0.15, 0.2) is 274 Å². The number of benzene rings is 12. The maximum atomic E-state index is 6.69. The lowest BCUT2D eigenvalue weighted by Crippen LogP contribution is -2.00. The molecule has 12 aromatic carbocycles. The molecule has 0 aliphatic rings. The van der Waals surface area contributed by atoms with Gasteiger partial charge in [-0.1, -0.05) is 146 Å². The summed E-state index contributed by atoms with van der Waals surface area (Å²) in [5, 5.41) is 13.3. The van der Waals surface area contributed by atoms with Crippen molar-refractivity contribution in [3.05, 3.63) is 261 Å². The summed E-state index contributed by atoms with van der Waals surface area (Å²) in [5.41, 5.74) is 19.1. The first-order chi connectivity index (χ1) is 41.6. The molecule has 8 heteroatoms. The molecule has 390 valence electrons. The maximum Gasteiger partial charge on any atom is 0.160 e. The molecule has 0 aliphatic carbocycles. The zero-order chi connectivity index (χ0) is 54.7. The number of aromatic nitrogens is 5. The summed E-state index contributed by atoms with van der Waals surface area (Å²) in [6.07, 6.45) is 0. The molecule has 0 saturated heterocycles. The largest absolute Gasteiger partial charge is 0.455 e. The molecule has 0 unspecified atom stereocenters. The Hall–Kier alpha value is -11.5. The van der Waals surface area contributed by atoms with Gasteiger partial charge in [-0.2, -0.15) is 0 Å². The highest BCUT2D eigenvalue weighted by molar-refractivity contribution is 6.26. The summed E-state index contributed by atoms with van der Waals surface area (Å²) < 4.78 is 27.1. The van der Waals surface area contributed by atoms with Gasteiger partial charge in [0.15, 0.2) is 5.82 Å². The highest BCUT2D eigenvalue weighted by Gasteiger charge is 2.24. The summed E-state index contributed by atoms with van der Waals surface area (Å²) in [6.45, 7) is 0. The standard InChI is InChI=1S/C76H43N5O3/c1-7-28-61-56(25-1)70-64(37-34-53-50-22-4-10-31-67(50)82-73(53)70)79(61)47-19-13-16-44(40-47)59-43-60(45-17-14-20-48(41-45)80-62-29-8-2-26-57(62)71-65(80)38-35-54-51-23-5-11-32-68(51)83-74(54)71)78-76(77-59)46-18-15-21-49(42-46)81-63-30-9-3-27-58(63)72-66(81)39-36-55-52-24-6-12-33-69(52)84-75(55)72/h1-43H. The molecule has 19 rings (SSSR count). The van der Waals surface area contributed by atoms with Crippen molar-refractivity contribution < 1.29 is 13.3 Å². The van der Waals surface area contributed by atoms with Crippen LogP contribution in [0.5, 0.6) is 0 Å². The zero-order valence-electron chi connectivity index (χ0n) is 44.8. The first kappa shape index (κ1) is 45.3. The van der Waals surface area contributed by atoms with Gasteiger partial charge in [0.1, 0.15) is 33.5 Å². The fraction of sp³-hybridized carbons (Fsp3) is 0. The Morgan fingerprint density at radius 1 is 0.238 bits per heavy atom. The molecule has 8 nitrogen and oxygen atoms in total. The van der Waals surface area contributed by atoms with Gasteiger partial charge in [-0.15, -0.1) is 0 Å². The number of fused-ring (bicyclic) bond motifs is 21. The smallest absolute Gasteiger partial charge is 0.160 e. The van der Waals surface area contributed by atoms with E-state index < -0.39 is 0 Å². The lowest BCUT2D eigenvalue weighted by atomic mass is 10.0. The van der Waals surface area contributed by atoms with Crippen LogP contribution in [0.3, 0.4) is 0 Å². The third-order valence-electron chi connectivity index (χ3n) is 17.4. The molecular weight excluding hydrogens is 1030 g/mol. The normalized spacial score (nSPS) is 12.3. The van der Waals surface area contributed by atoms with Crippen LogP contribution in [0, 0.1) is 0 Å². The highest BCUT2D eigenvalue weighted by atomic mass is 16.3. The minimum absolute atomic E-state index is 0.605. The van der Waals surface area contributed by atoms with Crippen LogP contribution in [0.25, 0.3) is 182 Å². The number of hydrogen-bond donors (Lipinski definition) is 0. The lowest BCUT2D eigenvalue weighted by Gasteiger charge is -2.14. The van der Waals surface area contributed by atoms with Crippen LogP contribution < -0.4 is 0 Å². The van der Waals surface area contributed by atoms with Gasteiger partial charge in [0, 0.05) is 82.2 Å². The number of furan rings is 3. The second-order valence-corrected chi connectivity index (χ2v) is 22.0. The predicted molar refractivity (Wildman–Crippen MR) is 343 cm³/mol. The second kappa shape index (κ2) is 17.0. The van der Waals surface area contributed by atoms with E-state index >= 15 is 0 Å². The Labute approximate surface area is 477 Å². The average molecular weight is 1070 g/mol. The van der Waals surface area contributed by atoms with Crippen LogP contribution >= 0.6 is 0 Å². The zero-order valence-corrected chi connectivity index (χ0v) is 44.8. The number of rotatable bonds is 6. The first-order valence-electron chi connectivity index (χ1n) is 28.4. The lowest BCUT2D eigenvalue weighted by molar-refractivity contribution is 0.672. The number of hydrogen-bond acceptors (Lipinski definition) is 5. The fourth-order valence-electron chi connectivity index (χ4n) is 13.8. The van der Waals surface area contributed by atoms with Crippen molar-refractivity contribution in [2.24, 2.45) is 0 Å². The Kier molecular flexibility index (Phi) is 9.18. The van der Waals surface area contributed by atoms with E-state index in [4.69, 9.17) is 23.2 Å². The Morgan fingerprint density at radius 3 is 0.940 bits per heavy atom. The van der Waals surface area contributed by atoms with E-state index in [0.717, 1.165) is 176 Å². The van der Waals surface area contributed by atoms with Crippen molar-refractivity contribution in [3.63, 3.8) is 0 Å². The van der Waals surface area contributed by atoms with Crippen molar-refractivity contribution in [1.29, 1.82) is 0 Å². The molecule has 0 atom stereocenters. The Bertz CT molecular complexity index is 5430. The van der Waals surface area contributed by atoms with Gasteiger partial charge in [0.2, 0.25) is 0 Å². The Balaban J connectivity index is 0.814. The van der Waals surface area contributed by atoms with E-state index in [0.29, 0.717) is 5.82 Å². The molecular formula is C76H43N5O3. The summed E-state index contributed by atoms with van der Waals surface area (Å²) in [5.74, 6) is 0.605. The number of nitrogens with zero attached hydrogens (tertiary/aromatic N) is 5. The number of para-hydroxylation sites is 6. The molecule has 0 fully saturated rings. The summed E-state index contributed by atoms with van der Waals surface area (Å²) >= 11 is 0. The van der Waals surface area contributed by atoms with Crippen LogP contribution in [0.1, 0.15) is 0 Å². The molecule has 7 aromatic heterocycles. The van der Waals surface area contributed by atoms with Crippen molar-refractivity contribution in [3.8, 4) is 51.0 Å². The summed E-state index contributed by atoms with van der Waals surface area (Å²) in [7, 11) is 0. The van der Waals surface area contributed by atoms with Gasteiger partial charge in [-0.3, -0.25) is 0 Å². The van der Waals surface area contributed by atoms with Crippen molar-refractivity contribution in [2.75, 3.05) is 0 Å². The van der Waals surface area contributed by atoms with E-state index in [2.05, 4.69) is 250 Å². The van der Waals surface area contributed by atoms with Gasteiger partial charge >= 0.3 is 0 Å². The highest BCUT2D eigenvalue weighted by Crippen LogP contribution is 2.45. The first-order valence-corrected chi connectivity index (χ1v) is 28.4. The SMILES string of the molecule is c1cc(-c2cc(-c3cccc(-n4c5ccccc5c5c6oc7ccccc7c6ccc54)c3)nc(-c3cccc(-n4c5ccccc5c5c6oc7ccccc7c6ccc54)c3)n2)cc(-n2c3ccccc3c3c4oc5ccccc5c4ccc32)c1. The molecule has 0 bridgehead atoms. The van der Waals surface area contributed by atoms with Crippen molar-refractivity contribution in [2.45, 2.75) is 0 Å². The molecule has 7 heterocycles. The third kappa shape index (κ3) is 6.36. The van der Waals surface area contributed by atoms with E-state index in [9.17, 15) is 0 Å². The maximum absolute atomic E-state index is 6.69. The van der Waals surface area contributed by atoms with Crippen LogP contribution in [0.4, 0.5) is 0 Å². The van der Waals surface area contributed by atoms with Crippen molar-refractivity contribution in [1.82, 2.24) is 23.7 Å².